The average molecular weight is 391 g/mol. The molecule has 0 fully saturated rings. The number of carbonyl (C=O) groups is 1. The summed E-state index contributed by atoms with van der Waals surface area (Å²) in [5, 5.41) is 3.35. The third-order valence-electron chi connectivity index (χ3n) is 4.42. The number of hydrogen-bond acceptors (Lipinski definition) is 6. The first kappa shape index (κ1) is 18.5. The number of benzene rings is 1. The first-order valence-corrected chi connectivity index (χ1v) is 9.20. The highest BCUT2D eigenvalue weighted by atomic mass is 16.5. The highest BCUT2D eigenvalue weighted by Gasteiger charge is 2.14. The number of nitrogens with zero attached hydrogens (tertiary/aromatic N) is 4. The van der Waals surface area contributed by atoms with Crippen LogP contribution >= 0.6 is 0 Å². The van der Waals surface area contributed by atoms with E-state index in [1.54, 1.807) is 31.0 Å². The minimum Gasteiger partial charge on any atom is -0.494 e. The summed E-state index contributed by atoms with van der Waals surface area (Å²) < 4.78 is 14.3. The summed E-state index contributed by atoms with van der Waals surface area (Å²) in [5.74, 6) is 0.263. The summed E-state index contributed by atoms with van der Waals surface area (Å²) in [4.78, 5) is 20.7. The Labute approximate surface area is 167 Å². The maximum Gasteiger partial charge on any atom is 0.358 e. The van der Waals surface area contributed by atoms with Gasteiger partial charge in [0.25, 0.3) is 0 Å². The van der Waals surface area contributed by atoms with Gasteiger partial charge < -0.3 is 23.8 Å². The third kappa shape index (κ3) is 3.64. The zero-order chi connectivity index (χ0) is 20.4. The van der Waals surface area contributed by atoms with Crippen molar-refractivity contribution >= 4 is 23.0 Å². The number of ether oxygens (including phenoxy) is 2. The van der Waals surface area contributed by atoms with E-state index in [1.165, 1.54) is 0 Å². The van der Waals surface area contributed by atoms with E-state index in [2.05, 4.69) is 15.3 Å². The number of carbonyl (C=O) groups excluding carboxylic acids is 1. The lowest BCUT2D eigenvalue weighted by molar-refractivity contribution is 0.0520. The number of aromatic nitrogens is 4. The minimum atomic E-state index is -0.441. The summed E-state index contributed by atoms with van der Waals surface area (Å²) in [6.07, 6.45) is 7.18. The fraction of sp³-hybridized carbons (Fsp3) is 0.190. The smallest absolute Gasteiger partial charge is 0.358 e. The molecular weight excluding hydrogens is 370 g/mol. The second kappa shape index (κ2) is 7.67. The molecule has 0 amide bonds. The number of pyridine rings is 1. The van der Waals surface area contributed by atoms with Crippen molar-refractivity contribution < 1.29 is 14.3 Å². The van der Waals surface area contributed by atoms with Crippen molar-refractivity contribution in [3.63, 3.8) is 0 Å². The molecule has 0 saturated carbocycles. The largest absolute Gasteiger partial charge is 0.494 e. The third-order valence-corrected chi connectivity index (χ3v) is 4.42. The Morgan fingerprint density at radius 1 is 1.24 bits per heavy atom. The average Bonchev–Trinajstić information content (AvgIpc) is 3.35. The number of anilines is 2. The number of hydrogen-bond donors (Lipinski definition) is 1. The molecule has 29 heavy (non-hydrogen) atoms. The van der Waals surface area contributed by atoms with Gasteiger partial charge in [0.15, 0.2) is 11.3 Å². The molecule has 0 radical (unpaired) electrons. The molecule has 8 heteroatoms. The van der Waals surface area contributed by atoms with Crippen LogP contribution in [0.2, 0.25) is 0 Å². The summed E-state index contributed by atoms with van der Waals surface area (Å²) in [7, 11) is 1.63. The van der Waals surface area contributed by atoms with Crippen LogP contribution in [0.1, 0.15) is 23.1 Å². The number of methoxy groups -OCH3 is 1. The van der Waals surface area contributed by atoms with Gasteiger partial charge in [0.2, 0.25) is 0 Å². The van der Waals surface area contributed by atoms with Gasteiger partial charge in [-0.1, -0.05) is 0 Å². The Kier molecular flexibility index (Phi) is 4.90. The lowest BCUT2D eigenvalue weighted by atomic mass is 10.2. The van der Waals surface area contributed by atoms with Gasteiger partial charge in [-0.05, 0) is 38.1 Å². The first-order valence-electron chi connectivity index (χ1n) is 9.20. The second-order valence-electron chi connectivity index (χ2n) is 6.43. The monoisotopic (exact) mass is 391 g/mol. The minimum absolute atomic E-state index is 0.268. The van der Waals surface area contributed by atoms with E-state index >= 15 is 0 Å². The van der Waals surface area contributed by atoms with Crippen LogP contribution in [-0.4, -0.2) is 38.6 Å². The van der Waals surface area contributed by atoms with Crippen LogP contribution < -0.4 is 10.1 Å². The zero-order valence-corrected chi connectivity index (χ0v) is 16.4. The molecule has 148 valence electrons. The molecule has 0 bridgehead atoms. The summed E-state index contributed by atoms with van der Waals surface area (Å²) in [6.45, 7) is 4.01. The number of esters is 1. The maximum atomic E-state index is 12.0. The molecule has 1 aromatic carbocycles. The van der Waals surface area contributed by atoms with E-state index in [0.29, 0.717) is 18.0 Å². The van der Waals surface area contributed by atoms with Crippen molar-refractivity contribution in [1.29, 1.82) is 0 Å². The molecule has 0 aliphatic rings. The van der Waals surface area contributed by atoms with E-state index in [9.17, 15) is 4.79 Å². The summed E-state index contributed by atoms with van der Waals surface area (Å²) in [6, 6.07) is 9.59. The lowest BCUT2D eigenvalue weighted by Crippen LogP contribution is -2.04. The standard InChI is InChI=1S/C21H21N5O3/c1-4-29-21(27)17-12-25-9-5-6-16(20(25)24-17)23-15-7-8-18(19(10-15)28-3)26-11-14(2)22-13-26/h5-13,23H,4H2,1-3H3. The van der Waals surface area contributed by atoms with Crippen LogP contribution in [0.25, 0.3) is 11.3 Å². The van der Waals surface area contributed by atoms with E-state index < -0.39 is 5.97 Å². The Balaban J connectivity index is 1.67. The molecule has 0 unspecified atom stereocenters. The van der Waals surface area contributed by atoms with Gasteiger partial charge >= 0.3 is 5.97 Å². The Bertz CT molecular complexity index is 1180. The Morgan fingerprint density at radius 2 is 2.10 bits per heavy atom. The number of fused-ring (bicyclic) bond motifs is 1. The fourth-order valence-corrected chi connectivity index (χ4v) is 3.09. The molecule has 0 aliphatic carbocycles. The van der Waals surface area contributed by atoms with E-state index in [1.807, 2.05) is 54.2 Å². The van der Waals surface area contributed by atoms with Crippen LogP contribution in [0.5, 0.6) is 5.75 Å². The molecule has 4 aromatic rings. The van der Waals surface area contributed by atoms with Crippen molar-refractivity contribution in [1.82, 2.24) is 18.9 Å². The molecule has 0 spiro atoms. The molecule has 3 heterocycles. The predicted octanol–water partition coefficient (Wildman–Crippen LogP) is 3.76. The highest BCUT2D eigenvalue weighted by molar-refractivity contribution is 5.89. The second-order valence-corrected chi connectivity index (χ2v) is 6.43. The van der Waals surface area contributed by atoms with Gasteiger partial charge in [-0.3, -0.25) is 0 Å². The molecule has 3 aromatic heterocycles. The topological polar surface area (TPSA) is 82.7 Å². The van der Waals surface area contributed by atoms with Gasteiger partial charge in [0, 0.05) is 30.3 Å². The van der Waals surface area contributed by atoms with Gasteiger partial charge in [0.1, 0.15) is 5.75 Å². The summed E-state index contributed by atoms with van der Waals surface area (Å²) >= 11 is 0. The first-order chi connectivity index (χ1) is 14.1. The zero-order valence-electron chi connectivity index (χ0n) is 16.4. The fourth-order valence-electron chi connectivity index (χ4n) is 3.09. The number of nitrogens with one attached hydrogen (secondary N) is 1. The quantitative estimate of drug-likeness (QED) is 0.504. The van der Waals surface area contributed by atoms with E-state index in [4.69, 9.17) is 9.47 Å². The molecule has 0 atom stereocenters. The molecule has 8 nitrogen and oxygen atoms in total. The van der Waals surface area contributed by atoms with Crippen LogP contribution in [0.15, 0.2) is 55.2 Å². The molecule has 0 saturated heterocycles. The van der Waals surface area contributed by atoms with Crippen LogP contribution in [0, 0.1) is 6.92 Å². The van der Waals surface area contributed by atoms with Crippen molar-refractivity contribution in [3.05, 3.63) is 66.6 Å². The predicted molar refractivity (Wildman–Crippen MR) is 109 cm³/mol. The molecular formula is C21H21N5O3. The van der Waals surface area contributed by atoms with Crippen LogP contribution in [-0.2, 0) is 4.74 Å². The van der Waals surface area contributed by atoms with Gasteiger partial charge in [-0.2, -0.15) is 0 Å². The normalized spacial score (nSPS) is 10.9. The van der Waals surface area contributed by atoms with E-state index in [-0.39, 0.29) is 5.69 Å². The van der Waals surface area contributed by atoms with Crippen molar-refractivity contribution in [2.45, 2.75) is 13.8 Å². The summed E-state index contributed by atoms with van der Waals surface area (Å²) in [5.41, 5.74) is 4.31. The SMILES string of the molecule is CCOC(=O)c1cn2cccc(Nc3ccc(-n4cnc(C)c4)c(OC)c3)c2n1. The maximum absolute atomic E-state index is 12.0. The number of imidazole rings is 2. The lowest BCUT2D eigenvalue weighted by Gasteiger charge is -2.13. The van der Waals surface area contributed by atoms with E-state index in [0.717, 1.165) is 22.8 Å². The van der Waals surface area contributed by atoms with Crippen molar-refractivity contribution in [2.24, 2.45) is 0 Å². The number of aryl methyl sites for hydroxylation is 1. The van der Waals surface area contributed by atoms with Crippen LogP contribution in [0.4, 0.5) is 11.4 Å². The Hall–Kier alpha value is -3.81. The van der Waals surface area contributed by atoms with Gasteiger partial charge in [0.05, 0.1) is 37.1 Å². The van der Waals surface area contributed by atoms with Crippen LogP contribution in [0.3, 0.4) is 0 Å². The highest BCUT2D eigenvalue weighted by Crippen LogP contribution is 2.29. The van der Waals surface area contributed by atoms with Gasteiger partial charge in [-0.15, -0.1) is 0 Å². The van der Waals surface area contributed by atoms with Crippen molar-refractivity contribution in [2.75, 3.05) is 19.0 Å². The molecule has 4 rings (SSSR count). The van der Waals surface area contributed by atoms with Gasteiger partial charge in [-0.25, -0.2) is 14.8 Å². The molecule has 0 aliphatic heterocycles. The Morgan fingerprint density at radius 3 is 2.83 bits per heavy atom. The number of rotatable bonds is 6. The van der Waals surface area contributed by atoms with Crippen molar-refractivity contribution in [3.8, 4) is 11.4 Å². The molecule has 1 N–H and O–H groups in total.